The molecule has 0 unspecified atom stereocenters. The van der Waals surface area contributed by atoms with Crippen LogP contribution in [0.15, 0.2) is 18.2 Å². The summed E-state index contributed by atoms with van der Waals surface area (Å²) >= 11 is 0. The van der Waals surface area contributed by atoms with E-state index in [-0.39, 0.29) is 17.2 Å². The van der Waals surface area contributed by atoms with Crippen molar-refractivity contribution in [1.82, 2.24) is 5.32 Å². The number of rotatable bonds is 5. The van der Waals surface area contributed by atoms with Gasteiger partial charge in [-0.3, -0.25) is 9.59 Å². The van der Waals surface area contributed by atoms with Crippen LogP contribution in [0.25, 0.3) is 0 Å². The predicted octanol–water partition coefficient (Wildman–Crippen LogP) is 3.13. The van der Waals surface area contributed by atoms with Crippen LogP contribution in [0, 0.1) is 23.2 Å². The Balaban J connectivity index is 1.16. The maximum atomic E-state index is 13.3. The summed E-state index contributed by atoms with van der Waals surface area (Å²) in [6, 6.07) is 6.03. The molecule has 2 heterocycles. The number of hydrogen-bond acceptors (Lipinski definition) is 4. The molecule has 6 nitrogen and oxygen atoms in total. The molecule has 2 amide bonds. The highest BCUT2D eigenvalue weighted by Gasteiger charge is 2.54. The number of carbonyl (C=O) groups excluding carboxylic acids is 2. The van der Waals surface area contributed by atoms with Gasteiger partial charge < -0.3 is 19.7 Å². The highest BCUT2D eigenvalue weighted by Crippen LogP contribution is 2.60. The Bertz CT molecular complexity index is 885. The Morgan fingerprint density at radius 1 is 1.10 bits per heavy atom. The molecule has 0 radical (unpaired) electrons. The first-order chi connectivity index (χ1) is 15.0. The number of carbonyl (C=O) groups is 2. The Hall–Kier alpha value is -1.92. The summed E-state index contributed by atoms with van der Waals surface area (Å²) in [4.78, 5) is 27.1. The average molecular weight is 425 g/mol. The van der Waals surface area contributed by atoms with E-state index in [9.17, 15) is 9.59 Å². The fraction of sp³-hybridized carbons (Fsp3) is 0.680. The SMILES string of the molecule is CN1C(=O)Cc2cc(C3(CCNC(=O)C45CC6CC(CC(C6)C4)C5)OCCO3)ccc21. The molecule has 7 rings (SSSR count). The molecule has 4 bridgehead atoms. The summed E-state index contributed by atoms with van der Waals surface area (Å²) in [6.45, 7) is 1.62. The minimum absolute atomic E-state index is 0.109. The van der Waals surface area contributed by atoms with Crippen LogP contribution in [0.3, 0.4) is 0 Å². The Kier molecular flexibility index (Phi) is 4.48. The second kappa shape index (κ2) is 7.04. The second-order valence-corrected chi connectivity index (χ2v) is 10.6. The molecule has 6 aliphatic rings. The van der Waals surface area contributed by atoms with E-state index >= 15 is 0 Å². The Morgan fingerprint density at radius 2 is 1.74 bits per heavy atom. The quantitative estimate of drug-likeness (QED) is 0.789. The number of amides is 2. The first-order valence-electron chi connectivity index (χ1n) is 11.9. The van der Waals surface area contributed by atoms with Gasteiger partial charge in [0.25, 0.3) is 0 Å². The van der Waals surface area contributed by atoms with E-state index < -0.39 is 5.79 Å². The van der Waals surface area contributed by atoms with Gasteiger partial charge in [-0.25, -0.2) is 0 Å². The first-order valence-corrected chi connectivity index (χ1v) is 11.9. The zero-order chi connectivity index (χ0) is 21.2. The van der Waals surface area contributed by atoms with Gasteiger partial charge in [-0.1, -0.05) is 6.07 Å². The molecular weight excluding hydrogens is 392 g/mol. The maximum absolute atomic E-state index is 13.3. The van der Waals surface area contributed by atoms with Gasteiger partial charge in [-0.05, 0) is 74.0 Å². The molecule has 6 heteroatoms. The van der Waals surface area contributed by atoms with Crippen LogP contribution in [0.5, 0.6) is 0 Å². The van der Waals surface area contributed by atoms with E-state index in [0.29, 0.717) is 32.6 Å². The summed E-state index contributed by atoms with van der Waals surface area (Å²) in [5, 5.41) is 3.27. The number of likely N-dealkylation sites (N-methyl/N-ethyl adjacent to an activating group) is 1. The van der Waals surface area contributed by atoms with Crippen molar-refractivity contribution in [2.45, 2.75) is 57.2 Å². The largest absolute Gasteiger partial charge is 0.355 e. The molecule has 166 valence electrons. The van der Waals surface area contributed by atoms with Crippen molar-refractivity contribution in [2.75, 3.05) is 31.7 Å². The molecule has 1 aromatic carbocycles. The summed E-state index contributed by atoms with van der Waals surface area (Å²) in [5.41, 5.74) is 2.78. The van der Waals surface area contributed by atoms with Crippen LogP contribution in [0.2, 0.25) is 0 Å². The monoisotopic (exact) mass is 424 g/mol. The van der Waals surface area contributed by atoms with Crippen molar-refractivity contribution in [3.63, 3.8) is 0 Å². The van der Waals surface area contributed by atoms with Crippen LogP contribution in [0.1, 0.15) is 56.1 Å². The van der Waals surface area contributed by atoms with Crippen LogP contribution in [0.4, 0.5) is 5.69 Å². The fourth-order valence-electron chi connectivity index (χ4n) is 7.53. The van der Waals surface area contributed by atoms with Gasteiger partial charge in [-0.2, -0.15) is 0 Å². The lowest BCUT2D eigenvalue weighted by molar-refractivity contribution is -0.171. The molecule has 2 aliphatic heterocycles. The van der Waals surface area contributed by atoms with Gasteiger partial charge in [0.15, 0.2) is 5.79 Å². The number of anilines is 1. The summed E-state index contributed by atoms with van der Waals surface area (Å²) in [5.74, 6) is 1.80. The third kappa shape index (κ3) is 3.13. The molecule has 0 aromatic heterocycles. The molecule has 31 heavy (non-hydrogen) atoms. The molecule has 1 saturated heterocycles. The van der Waals surface area contributed by atoms with Gasteiger partial charge in [0, 0.05) is 36.7 Å². The second-order valence-electron chi connectivity index (χ2n) is 10.6. The molecule has 1 N–H and O–H groups in total. The highest BCUT2D eigenvalue weighted by molar-refractivity contribution is 6.00. The average Bonchev–Trinajstić information content (AvgIpc) is 3.32. The third-order valence-electron chi connectivity index (χ3n) is 8.61. The van der Waals surface area contributed by atoms with Crippen LogP contribution in [-0.2, 0) is 31.3 Å². The molecule has 0 spiro atoms. The standard InChI is InChI=1S/C25H32N2O4/c1-27-21-3-2-20(11-19(21)12-22(27)28)25(30-6-7-31-25)4-5-26-23(29)24-13-16-8-17(14-24)10-18(9-16)15-24/h2-3,11,16-18H,4-10,12-15H2,1H3,(H,26,29). The normalized spacial score (nSPS) is 34.9. The van der Waals surface area contributed by atoms with Crippen LogP contribution in [-0.4, -0.2) is 38.6 Å². The maximum Gasteiger partial charge on any atom is 0.231 e. The molecule has 4 saturated carbocycles. The summed E-state index contributed by atoms with van der Waals surface area (Å²) in [6.07, 6.45) is 8.25. The summed E-state index contributed by atoms with van der Waals surface area (Å²) in [7, 11) is 1.81. The van der Waals surface area contributed by atoms with Crippen molar-refractivity contribution in [3.05, 3.63) is 29.3 Å². The molecule has 1 aromatic rings. The number of nitrogens with one attached hydrogen (secondary N) is 1. The minimum atomic E-state index is -0.839. The van der Waals surface area contributed by atoms with E-state index in [2.05, 4.69) is 5.32 Å². The number of ether oxygens (including phenoxy) is 2. The van der Waals surface area contributed by atoms with Gasteiger partial charge in [0.1, 0.15) is 0 Å². The van der Waals surface area contributed by atoms with Gasteiger partial charge in [0.2, 0.25) is 11.8 Å². The molecule has 5 fully saturated rings. The lowest BCUT2D eigenvalue weighted by atomic mass is 9.49. The predicted molar refractivity (Wildman–Crippen MR) is 115 cm³/mol. The topological polar surface area (TPSA) is 67.9 Å². The smallest absolute Gasteiger partial charge is 0.231 e. The number of hydrogen-bond donors (Lipinski definition) is 1. The lowest BCUT2D eigenvalue weighted by Gasteiger charge is -2.55. The summed E-state index contributed by atoms with van der Waals surface area (Å²) < 4.78 is 12.2. The van der Waals surface area contributed by atoms with E-state index in [1.165, 1.54) is 19.3 Å². The zero-order valence-electron chi connectivity index (χ0n) is 18.3. The van der Waals surface area contributed by atoms with Crippen molar-refractivity contribution in [3.8, 4) is 0 Å². The van der Waals surface area contributed by atoms with E-state index in [1.54, 1.807) is 4.90 Å². The Morgan fingerprint density at radius 3 is 2.39 bits per heavy atom. The van der Waals surface area contributed by atoms with E-state index in [1.807, 2.05) is 25.2 Å². The van der Waals surface area contributed by atoms with Crippen molar-refractivity contribution in [1.29, 1.82) is 0 Å². The number of nitrogens with zero attached hydrogens (tertiary/aromatic N) is 1. The van der Waals surface area contributed by atoms with Crippen molar-refractivity contribution < 1.29 is 19.1 Å². The lowest BCUT2D eigenvalue weighted by Crippen LogP contribution is -2.54. The minimum Gasteiger partial charge on any atom is -0.355 e. The van der Waals surface area contributed by atoms with E-state index in [0.717, 1.165) is 53.8 Å². The first kappa shape index (κ1) is 19.7. The zero-order valence-corrected chi connectivity index (χ0v) is 18.3. The van der Waals surface area contributed by atoms with Gasteiger partial charge in [-0.15, -0.1) is 0 Å². The molecular formula is C25H32N2O4. The van der Waals surface area contributed by atoms with Crippen molar-refractivity contribution in [2.24, 2.45) is 23.2 Å². The highest BCUT2D eigenvalue weighted by atomic mass is 16.7. The number of benzene rings is 1. The van der Waals surface area contributed by atoms with Crippen LogP contribution >= 0.6 is 0 Å². The molecule has 0 atom stereocenters. The van der Waals surface area contributed by atoms with Gasteiger partial charge >= 0.3 is 0 Å². The van der Waals surface area contributed by atoms with Crippen molar-refractivity contribution >= 4 is 17.5 Å². The van der Waals surface area contributed by atoms with Crippen LogP contribution < -0.4 is 10.2 Å². The third-order valence-corrected chi connectivity index (χ3v) is 8.61. The Labute approximate surface area is 183 Å². The fourth-order valence-corrected chi connectivity index (χ4v) is 7.53. The van der Waals surface area contributed by atoms with Gasteiger partial charge in [0.05, 0.1) is 19.6 Å². The molecule has 4 aliphatic carbocycles. The number of fused-ring (bicyclic) bond motifs is 1. The van der Waals surface area contributed by atoms with E-state index in [4.69, 9.17) is 9.47 Å².